The van der Waals surface area contributed by atoms with Gasteiger partial charge in [-0.15, -0.1) is 0 Å². The van der Waals surface area contributed by atoms with Crippen molar-refractivity contribution in [1.29, 1.82) is 0 Å². The van der Waals surface area contributed by atoms with Crippen molar-refractivity contribution in [2.24, 2.45) is 0 Å². The van der Waals surface area contributed by atoms with Crippen LogP contribution in [0.2, 0.25) is 5.02 Å². The molecule has 8 heteroatoms. The number of aromatic nitrogens is 1. The molecule has 3 rings (SSSR count). The molecule has 2 aromatic rings. The number of nitrogens with zero attached hydrogens (tertiary/aromatic N) is 1. The first-order chi connectivity index (χ1) is 9.47. The lowest BCUT2D eigenvalue weighted by Crippen LogP contribution is -2.15. The summed E-state index contributed by atoms with van der Waals surface area (Å²) < 4.78 is 37.3. The number of halogens is 1. The first kappa shape index (κ1) is 13.3. The number of rotatable bonds is 3. The summed E-state index contributed by atoms with van der Waals surface area (Å²) >= 11 is 5.97. The smallest absolute Gasteiger partial charge is 0.266 e. The molecule has 0 amide bonds. The highest BCUT2D eigenvalue weighted by Crippen LogP contribution is 2.36. The Balaban J connectivity index is 2.06. The predicted molar refractivity (Wildman–Crippen MR) is 72.7 cm³/mol. The molecule has 0 fully saturated rings. The summed E-state index contributed by atoms with van der Waals surface area (Å²) in [6, 6.07) is 3.08. The minimum absolute atomic E-state index is 0.0138. The first-order valence-corrected chi connectivity index (χ1v) is 7.72. The Labute approximate surface area is 120 Å². The molecule has 1 aliphatic heterocycles. The van der Waals surface area contributed by atoms with E-state index in [4.69, 9.17) is 20.9 Å². The van der Waals surface area contributed by atoms with E-state index in [1.165, 1.54) is 12.3 Å². The van der Waals surface area contributed by atoms with Gasteiger partial charge in [-0.1, -0.05) is 16.8 Å². The molecule has 0 bridgehead atoms. The lowest BCUT2D eigenvalue weighted by atomic mass is 10.2. The van der Waals surface area contributed by atoms with E-state index in [9.17, 15) is 8.42 Å². The fourth-order valence-corrected chi connectivity index (χ4v) is 3.59. The van der Waals surface area contributed by atoms with Gasteiger partial charge >= 0.3 is 0 Å². The van der Waals surface area contributed by atoms with Crippen molar-refractivity contribution in [2.45, 2.75) is 18.2 Å². The molecule has 0 saturated heterocycles. The van der Waals surface area contributed by atoms with Crippen LogP contribution in [0.15, 0.2) is 27.8 Å². The first-order valence-electron chi connectivity index (χ1n) is 5.86. The number of anilines is 1. The minimum atomic E-state index is -3.84. The number of hydrogen-bond donors (Lipinski definition) is 1. The fraction of sp³-hybridized carbons (Fsp3) is 0.250. The highest BCUT2D eigenvalue weighted by atomic mass is 35.5. The molecule has 0 aliphatic carbocycles. The lowest BCUT2D eigenvalue weighted by Gasteiger charge is -2.10. The third-order valence-corrected chi connectivity index (χ3v) is 4.54. The van der Waals surface area contributed by atoms with Crippen LogP contribution in [0.4, 0.5) is 5.82 Å². The summed E-state index contributed by atoms with van der Waals surface area (Å²) in [4.78, 5) is 0.0138. The normalized spacial score (nSPS) is 13.9. The molecule has 2 heterocycles. The molecule has 1 aromatic heterocycles. The number of nitrogens with one attached hydrogen (secondary N) is 1. The second-order valence-corrected chi connectivity index (χ2v) is 6.53. The summed E-state index contributed by atoms with van der Waals surface area (Å²) in [5.74, 6) is 0.500. The van der Waals surface area contributed by atoms with Crippen LogP contribution >= 0.6 is 11.6 Å². The average molecular weight is 315 g/mol. The van der Waals surface area contributed by atoms with Crippen molar-refractivity contribution in [3.8, 4) is 5.75 Å². The number of hydrogen-bond acceptors (Lipinski definition) is 5. The molecular formula is C12H11ClN2O4S. The largest absolute Gasteiger partial charge is 0.492 e. The monoisotopic (exact) mass is 314 g/mol. The Kier molecular flexibility index (Phi) is 3.10. The van der Waals surface area contributed by atoms with Crippen LogP contribution in [0.3, 0.4) is 0 Å². The molecule has 0 radical (unpaired) electrons. The van der Waals surface area contributed by atoms with Gasteiger partial charge in [0.2, 0.25) is 0 Å². The van der Waals surface area contributed by atoms with E-state index in [2.05, 4.69) is 9.88 Å². The van der Waals surface area contributed by atoms with Crippen molar-refractivity contribution in [3.05, 3.63) is 34.5 Å². The molecule has 0 saturated carbocycles. The van der Waals surface area contributed by atoms with Gasteiger partial charge in [-0.2, -0.15) is 0 Å². The molecule has 20 heavy (non-hydrogen) atoms. The zero-order valence-electron chi connectivity index (χ0n) is 10.5. The second-order valence-electron chi connectivity index (χ2n) is 4.44. The van der Waals surface area contributed by atoms with Crippen LogP contribution in [-0.2, 0) is 16.4 Å². The molecule has 0 spiro atoms. The van der Waals surface area contributed by atoms with Gasteiger partial charge in [-0.25, -0.2) is 8.42 Å². The third-order valence-electron chi connectivity index (χ3n) is 2.98. The maximum absolute atomic E-state index is 12.4. The van der Waals surface area contributed by atoms with Gasteiger partial charge in [0, 0.05) is 22.6 Å². The zero-order valence-corrected chi connectivity index (χ0v) is 12.1. The van der Waals surface area contributed by atoms with Crippen LogP contribution in [0.25, 0.3) is 0 Å². The van der Waals surface area contributed by atoms with E-state index in [0.29, 0.717) is 29.4 Å². The summed E-state index contributed by atoms with van der Waals surface area (Å²) in [7, 11) is -3.84. The Hall–Kier alpha value is -1.73. The highest BCUT2D eigenvalue weighted by Gasteiger charge is 2.27. The summed E-state index contributed by atoms with van der Waals surface area (Å²) in [5, 5.41) is 3.96. The van der Waals surface area contributed by atoms with Crippen molar-refractivity contribution < 1.29 is 17.7 Å². The van der Waals surface area contributed by atoms with Gasteiger partial charge in [0.1, 0.15) is 16.9 Å². The minimum Gasteiger partial charge on any atom is -0.492 e. The molecule has 0 unspecified atom stereocenters. The van der Waals surface area contributed by atoms with Gasteiger partial charge in [-0.05, 0) is 19.1 Å². The van der Waals surface area contributed by atoms with Crippen molar-refractivity contribution in [1.82, 2.24) is 5.16 Å². The van der Waals surface area contributed by atoms with Crippen LogP contribution in [0.1, 0.15) is 11.1 Å². The van der Waals surface area contributed by atoms with E-state index < -0.39 is 10.0 Å². The highest BCUT2D eigenvalue weighted by molar-refractivity contribution is 7.92. The quantitative estimate of drug-likeness (QED) is 0.940. The van der Waals surface area contributed by atoms with Crippen LogP contribution in [0.5, 0.6) is 5.75 Å². The maximum Gasteiger partial charge on any atom is 0.266 e. The zero-order chi connectivity index (χ0) is 14.3. The second kappa shape index (κ2) is 4.68. The maximum atomic E-state index is 12.4. The molecule has 6 nitrogen and oxygen atoms in total. The van der Waals surface area contributed by atoms with Crippen molar-refractivity contribution in [3.63, 3.8) is 0 Å². The van der Waals surface area contributed by atoms with Crippen molar-refractivity contribution >= 4 is 27.4 Å². The summed E-state index contributed by atoms with van der Waals surface area (Å²) in [6.45, 7) is 2.13. The van der Waals surface area contributed by atoms with E-state index in [-0.39, 0.29) is 10.7 Å². The van der Waals surface area contributed by atoms with Crippen LogP contribution < -0.4 is 9.46 Å². The molecule has 106 valence electrons. The predicted octanol–water partition coefficient (Wildman–Crippen LogP) is 2.37. The average Bonchev–Trinajstić information content (AvgIpc) is 2.97. The van der Waals surface area contributed by atoms with Gasteiger partial charge in [-0.3, -0.25) is 4.72 Å². The number of benzene rings is 1. The lowest BCUT2D eigenvalue weighted by molar-refractivity contribution is 0.348. The van der Waals surface area contributed by atoms with Crippen LogP contribution in [0, 0.1) is 6.92 Å². The van der Waals surface area contributed by atoms with Crippen molar-refractivity contribution in [2.75, 3.05) is 11.3 Å². The Bertz CT molecular complexity index is 770. The van der Waals surface area contributed by atoms with E-state index in [1.807, 2.05) is 0 Å². The van der Waals surface area contributed by atoms with E-state index in [1.54, 1.807) is 13.0 Å². The van der Waals surface area contributed by atoms with E-state index >= 15 is 0 Å². The SMILES string of the molecule is Cc1conc1NS(=O)(=O)c1cc(Cl)cc2c1OCC2. The Morgan fingerprint density at radius 2 is 2.20 bits per heavy atom. The van der Waals surface area contributed by atoms with Gasteiger partial charge in [0.25, 0.3) is 10.0 Å². The van der Waals surface area contributed by atoms with Gasteiger partial charge < -0.3 is 9.26 Å². The standard InChI is InChI=1S/C12H11ClN2O4S/c1-7-6-19-14-12(7)15-20(16,17)10-5-9(13)4-8-2-3-18-11(8)10/h4-6H,2-3H2,1H3,(H,14,15). The number of fused-ring (bicyclic) bond motifs is 1. The van der Waals surface area contributed by atoms with Gasteiger partial charge in [0.15, 0.2) is 5.82 Å². The molecule has 1 aliphatic rings. The van der Waals surface area contributed by atoms with E-state index in [0.717, 1.165) is 5.56 Å². The molecule has 1 N–H and O–H groups in total. The Morgan fingerprint density at radius 3 is 2.90 bits per heavy atom. The Morgan fingerprint density at radius 1 is 1.40 bits per heavy atom. The fourth-order valence-electron chi connectivity index (χ4n) is 2.00. The molecular weight excluding hydrogens is 304 g/mol. The van der Waals surface area contributed by atoms with Crippen LogP contribution in [-0.4, -0.2) is 20.2 Å². The number of ether oxygens (including phenoxy) is 1. The number of aryl methyl sites for hydroxylation is 1. The summed E-state index contributed by atoms with van der Waals surface area (Å²) in [5.41, 5.74) is 1.38. The molecule has 1 aromatic carbocycles. The third kappa shape index (κ3) is 2.23. The van der Waals surface area contributed by atoms with Gasteiger partial charge in [0.05, 0.1) is 6.61 Å². The molecule has 0 atom stereocenters. The number of sulfonamides is 1. The topological polar surface area (TPSA) is 81.4 Å². The summed E-state index contributed by atoms with van der Waals surface area (Å²) in [6.07, 6.45) is 2.00.